The second-order valence-electron chi connectivity index (χ2n) is 4.80. The van der Waals surface area contributed by atoms with Crippen LogP contribution in [0.15, 0.2) is 65.7 Å². The Hall–Kier alpha value is -2.55. The molecule has 0 aromatic heterocycles. The van der Waals surface area contributed by atoms with E-state index >= 15 is 0 Å². The van der Waals surface area contributed by atoms with Crippen molar-refractivity contribution in [3.8, 4) is 5.75 Å². The van der Waals surface area contributed by atoms with Crippen molar-refractivity contribution in [3.63, 3.8) is 0 Å². The standard InChI is InChI=1S/C18H17NO2/c1-20-16-10-8-15(9-11-16)17-13-19-18(21-17)12-7-14-5-3-2-4-6-14/h2-12,17H,13H2,1H3/b12-7+/t17-/m1/s1. The van der Waals surface area contributed by atoms with E-state index in [0.29, 0.717) is 12.4 Å². The van der Waals surface area contributed by atoms with Gasteiger partial charge in [0.25, 0.3) is 0 Å². The largest absolute Gasteiger partial charge is 0.497 e. The Kier molecular flexibility index (Phi) is 4.01. The fraction of sp³-hybridized carbons (Fsp3) is 0.167. The first-order valence-electron chi connectivity index (χ1n) is 6.93. The number of hydrogen-bond acceptors (Lipinski definition) is 3. The molecule has 0 bridgehead atoms. The van der Waals surface area contributed by atoms with Crippen LogP contribution in [-0.4, -0.2) is 19.6 Å². The van der Waals surface area contributed by atoms with Crippen molar-refractivity contribution in [2.75, 3.05) is 13.7 Å². The van der Waals surface area contributed by atoms with Gasteiger partial charge < -0.3 is 9.47 Å². The number of hydrogen-bond donors (Lipinski definition) is 0. The van der Waals surface area contributed by atoms with Gasteiger partial charge in [-0.15, -0.1) is 0 Å². The van der Waals surface area contributed by atoms with Crippen molar-refractivity contribution in [2.24, 2.45) is 4.99 Å². The topological polar surface area (TPSA) is 30.8 Å². The molecule has 0 saturated heterocycles. The first-order chi connectivity index (χ1) is 10.3. The average molecular weight is 279 g/mol. The van der Waals surface area contributed by atoms with Crippen LogP contribution >= 0.6 is 0 Å². The zero-order valence-corrected chi connectivity index (χ0v) is 11.9. The van der Waals surface area contributed by atoms with Gasteiger partial charge >= 0.3 is 0 Å². The Morgan fingerprint density at radius 1 is 1.05 bits per heavy atom. The maximum atomic E-state index is 5.87. The molecule has 1 aliphatic rings. The first kappa shape index (κ1) is 13.4. The number of methoxy groups -OCH3 is 1. The number of ether oxygens (including phenoxy) is 2. The van der Waals surface area contributed by atoms with Gasteiger partial charge in [-0.25, -0.2) is 4.99 Å². The molecule has 3 nitrogen and oxygen atoms in total. The molecule has 1 atom stereocenters. The van der Waals surface area contributed by atoms with E-state index in [1.807, 2.05) is 66.7 Å². The molecule has 0 radical (unpaired) electrons. The van der Waals surface area contributed by atoms with Crippen LogP contribution < -0.4 is 4.74 Å². The van der Waals surface area contributed by atoms with Crippen LogP contribution in [0.1, 0.15) is 17.2 Å². The summed E-state index contributed by atoms with van der Waals surface area (Å²) in [7, 11) is 1.66. The highest BCUT2D eigenvalue weighted by Gasteiger charge is 2.19. The summed E-state index contributed by atoms with van der Waals surface area (Å²) in [5.41, 5.74) is 2.25. The van der Waals surface area contributed by atoms with E-state index in [0.717, 1.165) is 16.9 Å². The third-order valence-corrected chi connectivity index (χ3v) is 3.38. The molecule has 0 fully saturated rings. The minimum Gasteiger partial charge on any atom is -0.497 e. The molecule has 21 heavy (non-hydrogen) atoms. The van der Waals surface area contributed by atoms with Gasteiger partial charge in [-0.1, -0.05) is 42.5 Å². The first-order valence-corrected chi connectivity index (χ1v) is 6.93. The zero-order valence-electron chi connectivity index (χ0n) is 11.9. The predicted molar refractivity (Wildman–Crippen MR) is 84.6 cm³/mol. The Labute approximate surface area is 124 Å². The molecular weight excluding hydrogens is 262 g/mol. The highest BCUT2D eigenvalue weighted by molar-refractivity contribution is 5.92. The van der Waals surface area contributed by atoms with Gasteiger partial charge in [0.15, 0.2) is 0 Å². The Morgan fingerprint density at radius 2 is 1.81 bits per heavy atom. The van der Waals surface area contributed by atoms with E-state index in [4.69, 9.17) is 9.47 Å². The van der Waals surface area contributed by atoms with E-state index < -0.39 is 0 Å². The van der Waals surface area contributed by atoms with Crippen LogP contribution in [0.4, 0.5) is 0 Å². The van der Waals surface area contributed by atoms with Crippen LogP contribution in [0, 0.1) is 0 Å². The summed E-state index contributed by atoms with van der Waals surface area (Å²) in [5, 5.41) is 0. The van der Waals surface area contributed by atoms with Crippen molar-refractivity contribution in [1.29, 1.82) is 0 Å². The summed E-state index contributed by atoms with van der Waals surface area (Å²) in [6, 6.07) is 18.0. The van der Waals surface area contributed by atoms with Crippen LogP contribution in [-0.2, 0) is 4.74 Å². The molecular formula is C18H17NO2. The molecule has 0 amide bonds. The third-order valence-electron chi connectivity index (χ3n) is 3.38. The van der Waals surface area contributed by atoms with E-state index in [1.54, 1.807) is 7.11 Å². The van der Waals surface area contributed by atoms with Gasteiger partial charge in [0, 0.05) is 6.08 Å². The maximum Gasteiger partial charge on any atom is 0.209 e. The molecule has 3 heteroatoms. The highest BCUT2D eigenvalue weighted by Crippen LogP contribution is 2.25. The van der Waals surface area contributed by atoms with Gasteiger partial charge in [-0.05, 0) is 29.3 Å². The molecule has 0 spiro atoms. The van der Waals surface area contributed by atoms with Gasteiger partial charge in [0.1, 0.15) is 11.9 Å². The lowest BCUT2D eigenvalue weighted by Crippen LogP contribution is -2.03. The number of rotatable bonds is 4. The molecule has 2 aromatic carbocycles. The zero-order chi connectivity index (χ0) is 14.5. The molecule has 1 heterocycles. The van der Waals surface area contributed by atoms with E-state index in [1.165, 1.54) is 0 Å². The van der Waals surface area contributed by atoms with E-state index in [-0.39, 0.29) is 6.10 Å². The molecule has 0 N–H and O–H groups in total. The van der Waals surface area contributed by atoms with Crippen LogP contribution in [0.3, 0.4) is 0 Å². The van der Waals surface area contributed by atoms with Crippen LogP contribution in [0.2, 0.25) is 0 Å². The second-order valence-corrected chi connectivity index (χ2v) is 4.80. The second kappa shape index (κ2) is 6.27. The average Bonchev–Trinajstić information content (AvgIpc) is 3.03. The van der Waals surface area contributed by atoms with Crippen molar-refractivity contribution in [1.82, 2.24) is 0 Å². The van der Waals surface area contributed by atoms with Crippen LogP contribution in [0.25, 0.3) is 6.08 Å². The third kappa shape index (κ3) is 3.31. The van der Waals surface area contributed by atoms with E-state index in [2.05, 4.69) is 4.99 Å². The van der Waals surface area contributed by atoms with Crippen molar-refractivity contribution >= 4 is 12.0 Å². The van der Waals surface area contributed by atoms with Crippen molar-refractivity contribution in [3.05, 3.63) is 71.8 Å². The molecule has 0 aliphatic carbocycles. The molecule has 0 saturated carbocycles. The molecule has 3 rings (SSSR count). The number of aliphatic imine (C=N–C) groups is 1. The lowest BCUT2D eigenvalue weighted by molar-refractivity contribution is 0.231. The Bertz CT molecular complexity index is 645. The molecule has 1 aliphatic heterocycles. The Balaban J connectivity index is 1.63. The summed E-state index contributed by atoms with van der Waals surface area (Å²) in [4.78, 5) is 4.43. The summed E-state index contributed by atoms with van der Waals surface area (Å²) in [6.07, 6.45) is 3.92. The molecule has 106 valence electrons. The Morgan fingerprint density at radius 3 is 2.52 bits per heavy atom. The predicted octanol–water partition coefficient (Wildman–Crippen LogP) is 3.88. The fourth-order valence-electron chi connectivity index (χ4n) is 2.21. The van der Waals surface area contributed by atoms with Gasteiger partial charge in [-0.2, -0.15) is 0 Å². The maximum absolute atomic E-state index is 5.87. The van der Waals surface area contributed by atoms with Gasteiger partial charge in [-0.3, -0.25) is 0 Å². The van der Waals surface area contributed by atoms with E-state index in [9.17, 15) is 0 Å². The summed E-state index contributed by atoms with van der Waals surface area (Å²) in [5.74, 6) is 1.53. The summed E-state index contributed by atoms with van der Waals surface area (Å²) >= 11 is 0. The lowest BCUT2D eigenvalue weighted by atomic mass is 10.1. The van der Waals surface area contributed by atoms with Gasteiger partial charge in [0.05, 0.1) is 13.7 Å². The molecule has 2 aromatic rings. The SMILES string of the molecule is COc1ccc([C@H]2CN=C(/C=C/c3ccccc3)O2)cc1. The minimum atomic E-state index is -0.00803. The fourth-order valence-corrected chi connectivity index (χ4v) is 2.21. The monoisotopic (exact) mass is 279 g/mol. The molecule has 0 unspecified atom stereocenters. The van der Waals surface area contributed by atoms with Crippen molar-refractivity contribution in [2.45, 2.75) is 6.10 Å². The number of nitrogens with zero attached hydrogens (tertiary/aromatic N) is 1. The highest BCUT2D eigenvalue weighted by atomic mass is 16.5. The van der Waals surface area contributed by atoms with Crippen LogP contribution in [0.5, 0.6) is 5.75 Å². The quantitative estimate of drug-likeness (QED) is 0.850. The number of benzene rings is 2. The van der Waals surface area contributed by atoms with Gasteiger partial charge in [0.2, 0.25) is 5.90 Å². The normalized spacial score (nSPS) is 17.6. The summed E-state index contributed by atoms with van der Waals surface area (Å²) in [6.45, 7) is 0.654. The minimum absolute atomic E-state index is 0.00803. The smallest absolute Gasteiger partial charge is 0.209 e. The lowest BCUT2D eigenvalue weighted by Gasteiger charge is -2.11. The summed E-state index contributed by atoms with van der Waals surface area (Å²) < 4.78 is 11.0. The van der Waals surface area contributed by atoms with Crippen molar-refractivity contribution < 1.29 is 9.47 Å².